The van der Waals surface area contributed by atoms with Gasteiger partial charge >= 0.3 is 5.97 Å². The molecule has 0 spiro atoms. The number of ether oxygens (including phenoxy) is 1. The van der Waals surface area contributed by atoms with Crippen LogP contribution in [0.15, 0.2) is 24.3 Å². The van der Waals surface area contributed by atoms with Crippen LogP contribution in [0.5, 0.6) is 5.75 Å². The molecule has 0 heterocycles. The number of carbonyl (C=O) groups is 1. The van der Waals surface area contributed by atoms with Crippen molar-refractivity contribution in [3.8, 4) is 5.75 Å². The van der Waals surface area contributed by atoms with Crippen molar-refractivity contribution in [2.24, 2.45) is 11.8 Å². The number of benzene rings is 1. The molecule has 21 heavy (non-hydrogen) atoms. The molecule has 1 aromatic carbocycles. The van der Waals surface area contributed by atoms with Gasteiger partial charge in [0.05, 0.1) is 12.0 Å². The first-order valence-corrected chi connectivity index (χ1v) is 7.75. The fourth-order valence-electron chi connectivity index (χ4n) is 3.01. The summed E-state index contributed by atoms with van der Waals surface area (Å²) in [6.07, 6.45) is 3.03. The van der Waals surface area contributed by atoms with E-state index in [-0.39, 0.29) is 17.9 Å². The highest BCUT2D eigenvalue weighted by molar-refractivity contribution is 5.70. The maximum Gasteiger partial charge on any atom is 0.306 e. The highest BCUT2D eigenvalue weighted by Gasteiger charge is 2.32. The molecule has 2 rings (SSSR count). The van der Waals surface area contributed by atoms with Crippen LogP contribution >= 0.6 is 0 Å². The molecule has 116 valence electrons. The number of rotatable bonds is 7. The monoisotopic (exact) mass is 291 g/mol. The number of hydrogen-bond acceptors (Lipinski definition) is 3. The molecule has 2 atom stereocenters. The van der Waals surface area contributed by atoms with E-state index in [1.165, 1.54) is 0 Å². The molecular formula is C17H25NO3. The molecule has 1 aromatic rings. The van der Waals surface area contributed by atoms with Crippen molar-refractivity contribution in [1.82, 2.24) is 5.32 Å². The van der Waals surface area contributed by atoms with Crippen molar-refractivity contribution in [2.75, 3.05) is 6.54 Å². The highest BCUT2D eigenvalue weighted by Crippen LogP contribution is 2.31. The van der Waals surface area contributed by atoms with Crippen LogP contribution in [-0.4, -0.2) is 23.7 Å². The van der Waals surface area contributed by atoms with Gasteiger partial charge in [0.2, 0.25) is 0 Å². The molecule has 1 saturated carbocycles. The van der Waals surface area contributed by atoms with Crippen LogP contribution in [-0.2, 0) is 11.3 Å². The summed E-state index contributed by atoms with van der Waals surface area (Å²) in [5.74, 6) is 0.325. The predicted octanol–water partition coefficient (Wildman–Crippen LogP) is 3.06. The Kier molecular flexibility index (Phi) is 5.62. The summed E-state index contributed by atoms with van der Waals surface area (Å²) in [5, 5.41) is 12.6. The summed E-state index contributed by atoms with van der Waals surface area (Å²) in [6.45, 7) is 5.54. The quantitative estimate of drug-likeness (QED) is 0.810. The van der Waals surface area contributed by atoms with E-state index in [1.807, 2.05) is 32.0 Å². The van der Waals surface area contributed by atoms with Gasteiger partial charge in [-0.2, -0.15) is 0 Å². The molecule has 2 unspecified atom stereocenters. The average molecular weight is 291 g/mol. The Hall–Kier alpha value is -1.55. The third-order valence-electron chi connectivity index (χ3n) is 3.98. The third-order valence-corrected chi connectivity index (χ3v) is 3.98. The van der Waals surface area contributed by atoms with Gasteiger partial charge in [-0.15, -0.1) is 0 Å². The van der Waals surface area contributed by atoms with Crippen LogP contribution in [0.3, 0.4) is 0 Å². The fraction of sp³-hybridized carbons (Fsp3) is 0.588. The van der Waals surface area contributed by atoms with Crippen molar-refractivity contribution in [2.45, 2.75) is 45.8 Å². The summed E-state index contributed by atoms with van der Waals surface area (Å²) < 4.78 is 5.68. The molecule has 0 saturated heterocycles. The number of nitrogens with one attached hydrogen (secondary N) is 1. The van der Waals surface area contributed by atoms with Crippen molar-refractivity contribution >= 4 is 5.97 Å². The van der Waals surface area contributed by atoms with Crippen molar-refractivity contribution in [1.29, 1.82) is 0 Å². The second-order valence-corrected chi connectivity index (χ2v) is 6.08. The predicted molar refractivity (Wildman–Crippen MR) is 82.4 cm³/mol. The SMILES string of the molecule is CC(C)Oc1cccc(CNCC2CCCC2C(=O)O)c1. The van der Waals surface area contributed by atoms with Gasteiger partial charge in [-0.05, 0) is 56.8 Å². The minimum Gasteiger partial charge on any atom is -0.491 e. The lowest BCUT2D eigenvalue weighted by atomic mass is 9.96. The van der Waals surface area contributed by atoms with Crippen molar-refractivity contribution < 1.29 is 14.6 Å². The Morgan fingerprint density at radius 2 is 2.24 bits per heavy atom. The number of hydrogen-bond donors (Lipinski definition) is 2. The van der Waals surface area contributed by atoms with E-state index < -0.39 is 5.97 Å². The third kappa shape index (κ3) is 4.74. The van der Waals surface area contributed by atoms with Gasteiger partial charge in [-0.3, -0.25) is 4.79 Å². The van der Waals surface area contributed by atoms with E-state index >= 15 is 0 Å². The van der Waals surface area contributed by atoms with Crippen LogP contribution in [0.25, 0.3) is 0 Å². The van der Waals surface area contributed by atoms with Crippen LogP contribution in [0.4, 0.5) is 0 Å². The summed E-state index contributed by atoms with van der Waals surface area (Å²) in [7, 11) is 0. The largest absolute Gasteiger partial charge is 0.491 e. The molecule has 1 aliphatic rings. The zero-order chi connectivity index (χ0) is 15.2. The number of aliphatic carboxylic acids is 1. The molecule has 0 aliphatic heterocycles. The van der Waals surface area contributed by atoms with E-state index in [0.29, 0.717) is 0 Å². The van der Waals surface area contributed by atoms with Crippen LogP contribution in [0, 0.1) is 11.8 Å². The highest BCUT2D eigenvalue weighted by atomic mass is 16.5. The van der Waals surface area contributed by atoms with E-state index in [1.54, 1.807) is 0 Å². The lowest BCUT2D eigenvalue weighted by Crippen LogP contribution is -2.28. The first kappa shape index (κ1) is 15.8. The number of carboxylic acids is 1. The first-order valence-electron chi connectivity index (χ1n) is 7.75. The zero-order valence-corrected chi connectivity index (χ0v) is 12.8. The van der Waals surface area contributed by atoms with Crippen LogP contribution in [0.1, 0.15) is 38.7 Å². The maximum atomic E-state index is 11.1. The van der Waals surface area contributed by atoms with Gasteiger partial charge in [-0.1, -0.05) is 18.6 Å². The topological polar surface area (TPSA) is 58.6 Å². The molecule has 0 bridgehead atoms. The van der Waals surface area contributed by atoms with Gasteiger partial charge in [0, 0.05) is 6.54 Å². The summed E-state index contributed by atoms with van der Waals surface area (Å²) >= 11 is 0. The Balaban J connectivity index is 1.82. The lowest BCUT2D eigenvalue weighted by molar-refractivity contribution is -0.142. The Morgan fingerprint density at radius 1 is 1.43 bits per heavy atom. The normalized spacial score (nSPS) is 21.7. The minimum absolute atomic E-state index is 0.169. The zero-order valence-electron chi connectivity index (χ0n) is 12.8. The minimum atomic E-state index is -0.647. The second kappa shape index (κ2) is 7.46. The average Bonchev–Trinajstić information content (AvgIpc) is 2.87. The van der Waals surface area contributed by atoms with E-state index in [4.69, 9.17) is 4.74 Å². The molecule has 4 nitrogen and oxygen atoms in total. The number of carboxylic acid groups (broad SMARTS) is 1. The van der Waals surface area contributed by atoms with Gasteiger partial charge in [0.25, 0.3) is 0 Å². The lowest BCUT2D eigenvalue weighted by Gasteiger charge is -2.16. The molecule has 2 N–H and O–H groups in total. The Bertz CT molecular complexity index is 473. The van der Waals surface area contributed by atoms with Gasteiger partial charge in [-0.25, -0.2) is 0 Å². The van der Waals surface area contributed by atoms with Crippen molar-refractivity contribution in [3.05, 3.63) is 29.8 Å². The molecule has 0 radical (unpaired) electrons. The van der Waals surface area contributed by atoms with Gasteiger partial charge in [0.15, 0.2) is 0 Å². The molecule has 0 amide bonds. The molecule has 4 heteroatoms. The molecule has 0 aromatic heterocycles. The van der Waals surface area contributed by atoms with Crippen LogP contribution < -0.4 is 10.1 Å². The standard InChI is InChI=1S/C17H25NO3/c1-12(2)21-15-7-3-5-13(9-15)10-18-11-14-6-4-8-16(14)17(19)20/h3,5,7,9,12,14,16,18H,4,6,8,10-11H2,1-2H3,(H,19,20). The second-order valence-electron chi connectivity index (χ2n) is 6.08. The van der Waals surface area contributed by atoms with E-state index in [9.17, 15) is 9.90 Å². The molecule has 1 fully saturated rings. The van der Waals surface area contributed by atoms with E-state index in [2.05, 4.69) is 11.4 Å². The molecular weight excluding hydrogens is 266 g/mol. The smallest absolute Gasteiger partial charge is 0.306 e. The fourth-order valence-corrected chi connectivity index (χ4v) is 3.01. The Labute approximate surface area is 126 Å². The van der Waals surface area contributed by atoms with Gasteiger partial charge < -0.3 is 15.2 Å². The summed E-state index contributed by atoms with van der Waals surface area (Å²) in [5.41, 5.74) is 1.16. The summed E-state index contributed by atoms with van der Waals surface area (Å²) in [6, 6.07) is 8.05. The maximum absolute atomic E-state index is 11.1. The van der Waals surface area contributed by atoms with E-state index in [0.717, 1.165) is 43.7 Å². The first-order chi connectivity index (χ1) is 10.1. The molecule has 1 aliphatic carbocycles. The Morgan fingerprint density at radius 3 is 2.95 bits per heavy atom. The summed E-state index contributed by atoms with van der Waals surface area (Å²) in [4.78, 5) is 11.1. The van der Waals surface area contributed by atoms with Gasteiger partial charge in [0.1, 0.15) is 5.75 Å². The van der Waals surface area contributed by atoms with Crippen LogP contribution in [0.2, 0.25) is 0 Å². The van der Waals surface area contributed by atoms with Crippen molar-refractivity contribution in [3.63, 3.8) is 0 Å².